The third-order valence-electron chi connectivity index (χ3n) is 6.58. The summed E-state index contributed by atoms with van der Waals surface area (Å²) in [6, 6.07) is 10.1. The highest BCUT2D eigenvalue weighted by Crippen LogP contribution is 2.31. The van der Waals surface area contributed by atoms with Crippen LogP contribution >= 0.6 is 0 Å². The zero-order chi connectivity index (χ0) is 22.1. The minimum Gasteiger partial charge on any atom is -0.329 e. The van der Waals surface area contributed by atoms with Gasteiger partial charge in [-0.2, -0.15) is 10.2 Å². The summed E-state index contributed by atoms with van der Waals surface area (Å²) in [6.45, 7) is 3.48. The van der Waals surface area contributed by atoms with Gasteiger partial charge in [0.25, 0.3) is 5.56 Å². The van der Waals surface area contributed by atoms with Crippen molar-refractivity contribution in [3.05, 3.63) is 57.5 Å². The van der Waals surface area contributed by atoms with Crippen molar-refractivity contribution in [2.24, 2.45) is 5.73 Å². The van der Waals surface area contributed by atoms with E-state index < -0.39 is 0 Å². The number of rotatable bonds is 5. The smallest absolute Gasteiger partial charge is 0.270 e. The zero-order valence-corrected chi connectivity index (χ0v) is 18.0. The van der Waals surface area contributed by atoms with Gasteiger partial charge in [0, 0.05) is 49.5 Å². The molecule has 0 radical (unpaired) electrons. The van der Waals surface area contributed by atoms with Crippen LogP contribution in [-0.2, 0) is 13.0 Å². The van der Waals surface area contributed by atoms with Crippen LogP contribution in [0.3, 0.4) is 0 Å². The Morgan fingerprint density at radius 2 is 2.06 bits per heavy atom. The highest BCUT2D eigenvalue weighted by molar-refractivity contribution is 5.77. The molecule has 1 aliphatic carbocycles. The van der Waals surface area contributed by atoms with Crippen molar-refractivity contribution in [2.75, 3.05) is 25.0 Å². The van der Waals surface area contributed by atoms with E-state index in [9.17, 15) is 10.1 Å². The number of nitrogens with zero attached hydrogens (tertiary/aromatic N) is 5. The summed E-state index contributed by atoms with van der Waals surface area (Å²) in [5.74, 6) is 0.447. The van der Waals surface area contributed by atoms with E-state index >= 15 is 0 Å². The maximum Gasteiger partial charge on any atom is 0.270 e. The molecule has 0 amide bonds. The molecule has 0 unspecified atom stereocenters. The molecule has 3 aromatic rings. The van der Waals surface area contributed by atoms with Gasteiger partial charge in [-0.05, 0) is 48.6 Å². The van der Waals surface area contributed by atoms with Gasteiger partial charge < -0.3 is 11.1 Å². The quantitative estimate of drug-likeness (QED) is 0.641. The molecule has 164 valence electrons. The largest absolute Gasteiger partial charge is 0.329 e. The fourth-order valence-corrected chi connectivity index (χ4v) is 4.96. The minimum atomic E-state index is -0.259. The van der Waals surface area contributed by atoms with Crippen LogP contribution < -0.4 is 16.6 Å². The summed E-state index contributed by atoms with van der Waals surface area (Å²) < 4.78 is 1.71. The second-order valence-electron chi connectivity index (χ2n) is 8.68. The molecule has 1 saturated carbocycles. The van der Waals surface area contributed by atoms with Crippen molar-refractivity contribution >= 4 is 22.7 Å². The number of fused-ring (bicyclic) bond motifs is 2. The van der Waals surface area contributed by atoms with Gasteiger partial charge in [0.2, 0.25) is 5.95 Å². The highest BCUT2D eigenvalue weighted by Gasteiger charge is 2.23. The first-order valence-corrected chi connectivity index (χ1v) is 11.3. The lowest BCUT2D eigenvalue weighted by atomic mass is 9.99. The molecule has 0 spiro atoms. The van der Waals surface area contributed by atoms with Gasteiger partial charge in [-0.25, -0.2) is 4.98 Å². The summed E-state index contributed by atoms with van der Waals surface area (Å²) in [7, 11) is 0. The van der Waals surface area contributed by atoms with E-state index in [2.05, 4.69) is 27.3 Å². The summed E-state index contributed by atoms with van der Waals surface area (Å²) >= 11 is 0. The zero-order valence-electron chi connectivity index (χ0n) is 18.0. The maximum atomic E-state index is 13.0. The third kappa shape index (κ3) is 3.85. The standard InChI is InChI=1S/C24H27N7O/c25-8-10-30-9-7-16-5-6-20(12-19(16)15-30)28-24-27-14-18-11-17(13-26)23(32)31(22(18)29-24)21-3-1-2-4-21/h5-6,11-12,14,21H,1-4,7-10,15,25H2,(H,27,28,29). The average Bonchev–Trinajstić information content (AvgIpc) is 3.33. The Morgan fingerprint density at radius 1 is 1.22 bits per heavy atom. The lowest BCUT2D eigenvalue weighted by Gasteiger charge is -2.28. The van der Waals surface area contributed by atoms with E-state index in [0.717, 1.165) is 57.4 Å². The highest BCUT2D eigenvalue weighted by atomic mass is 16.1. The molecule has 8 heteroatoms. The normalized spacial score (nSPS) is 16.8. The Bertz CT molecular complexity index is 1250. The van der Waals surface area contributed by atoms with Crippen LogP contribution in [0.5, 0.6) is 0 Å². The topological polar surface area (TPSA) is 113 Å². The summed E-state index contributed by atoms with van der Waals surface area (Å²) in [5, 5.41) is 13.4. The van der Waals surface area contributed by atoms with Crippen LogP contribution in [0.2, 0.25) is 0 Å². The molecule has 2 aromatic heterocycles. The van der Waals surface area contributed by atoms with Crippen molar-refractivity contribution in [2.45, 2.75) is 44.7 Å². The van der Waals surface area contributed by atoms with Crippen LogP contribution in [0.4, 0.5) is 11.6 Å². The van der Waals surface area contributed by atoms with E-state index in [1.807, 2.05) is 12.1 Å². The Hall–Kier alpha value is -3.28. The molecule has 8 nitrogen and oxygen atoms in total. The van der Waals surface area contributed by atoms with E-state index in [4.69, 9.17) is 10.7 Å². The maximum absolute atomic E-state index is 13.0. The molecule has 3 heterocycles. The van der Waals surface area contributed by atoms with E-state index in [0.29, 0.717) is 23.5 Å². The monoisotopic (exact) mass is 429 g/mol. The lowest BCUT2D eigenvalue weighted by molar-refractivity contribution is 0.261. The second-order valence-corrected chi connectivity index (χ2v) is 8.68. The number of aromatic nitrogens is 3. The molecule has 1 fully saturated rings. The number of hydrogen-bond acceptors (Lipinski definition) is 7. The van der Waals surface area contributed by atoms with Gasteiger partial charge in [0.1, 0.15) is 17.3 Å². The van der Waals surface area contributed by atoms with Crippen LogP contribution in [-0.4, -0.2) is 39.1 Å². The molecule has 0 saturated heterocycles. The van der Waals surface area contributed by atoms with Crippen LogP contribution in [0, 0.1) is 11.3 Å². The SMILES string of the molecule is N#Cc1cc2cnc(Nc3ccc4c(c3)CN(CCN)CC4)nc2n(C2CCCC2)c1=O. The number of pyridine rings is 1. The molecule has 1 aliphatic heterocycles. The van der Waals surface area contributed by atoms with Crippen molar-refractivity contribution < 1.29 is 0 Å². The Kier molecular flexibility index (Phi) is 5.60. The van der Waals surface area contributed by atoms with Crippen LogP contribution in [0.1, 0.15) is 48.4 Å². The van der Waals surface area contributed by atoms with Gasteiger partial charge in [-0.1, -0.05) is 18.9 Å². The number of hydrogen-bond donors (Lipinski definition) is 2. The molecule has 32 heavy (non-hydrogen) atoms. The van der Waals surface area contributed by atoms with E-state index in [1.54, 1.807) is 16.8 Å². The van der Waals surface area contributed by atoms with Crippen molar-refractivity contribution in [1.29, 1.82) is 5.26 Å². The number of nitriles is 1. The van der Waals surface area contributed by atoms with Gasteiger partial charge >= 0.3 is 0 Å². The Labute approximate surface area is 186 Å². The Morgan fingerprint density at radius 3 is 2.84 bits per heavy atom. The number of benzene rings is 1. The molecule has 1 aromatic carbocycles. The lowest BCUT2D eigenvalue weighted by Crippen LogP contribution is -2.34. The molecule has 0 bridgehead atoms. The average molecular weight is 430 g/mol. The Balaban J connectivity index is 1.49. The van der Waals surface area contributed by atoms with Crippen molar-refractivity contribution in [3.8, 4) is 6.07 Å². The summed E-state index contributed by atoms with van der Waals surface area (Å²) in [6.07, 6.45) is 6.75. The molecular formula is C24H27N7O. The van der Waals surface area contributed by atoms with Crippen LogP contribution in [0.15, 0.2) is 35.3 Å². The first-order valence-electron chi connectivity index (χ1n) is 11.3. The first kappa shape index (κ1) is 20.6. The van der Waals surface area contributed by atoms with E-state index in [-0.39, 0.29) is 17.2 Å². The second kappa shape index (κ2) is 8.69. The molecule has 2 aliphatic rings. The molecule has 5 rings (SSSR count). The van der Waals surface area contributed by atoms with E-state index in [1.165, 1.54) is 11.1 Å². The number of nitrogens with one attached hydrogen (secondary N) is 1. The number of anilines is 2. The summed E-state index contributed by atoms with van der Waals surface area (Å²) in [5.41, 5.74) is 9.77. The predicted molar refractivity (Wildman–Crippen MR) is 124 cm³/mol. The van der Waals surface area contributed by atoms with Crippen LogP contribution in [0.25, 0.3) is 11.0 Å². The van der Waals surface area contributed by atoms with Gasteiger partial charge in [-0.3, -0.25) is 14.3 Å². The summed E-state index contributed by atoms with van der Waals surface area (Å²) in [4.78, 5) is 24.5. The molecular weight excluding hydrogens is 402 g/mol. The van der Waals surface area contributed by atoms with Gasteiger partial charge in [0.15, 0.2) is 0 Å². The predicted octanol–water partition coefficient (Wildman–Crippen LogP) is 2.84. The first-order chi connectivity index (χ1) is 15.7. The fraction of sp³-hybridized carbons (Fsp3) is 0.417. The third-order valence-corrected chi connectivity index (χ3v) is 6.58. The molecule has 3 N–H and O–H groups in total. The molecule has 0 atom stereocenters. The minimum absolute atomic E-state index is 0.0818. The van der Waals surface area contributed by atoms with Gasteiger partial charge in [-0.15, -0.1) is 0 Å². The fourth-order valence-electron chi connectivity index (χ4n) is 4.96. The number of nitrogens with two attached hydrogens (primary N) is 1. The van der Waals surface area contributed by atoms with Crippen molar-refractivity contribution in [3.63, 3.8) is 0 Å². The van der Waals surface area contributed by atoms with Crippen molar-refractivity contribution in [1.82, 2.24) is 19.4 Å². The van der Waals surface area contributed by atoms with Gasteiger partial charge in [0.05, 0.1) is 0 Å².